The number of carbonyl (C=O) groups is 2. The topological polar surface area (TPSA) is 103 Å². The Balaban J connectivity index is 1.85. The molecular weight excluding hydrogens is 398 g/mol. The summed E-state index contributed by atoms with van der Waals surface area (Å²) < 4.78 is 12.0. The molecule has 0 N–H and O–H groups in total. The van der Waals surface area contributed by atoms with Gasteiger partial charge in [-0.2, -0.15) is 4.68 Å². The first-order valence-corrected chi connectivity index (χ1v) is 10.2. The lowest BCUT2D eigenvalue weighted by molar-refractivity contribution is -0.147. The van der Waals surface area contributed by atoms with E-state index in [0.717, 1.165) is 18.4 Å². The van der Waals surface area contributed by atoms with Gasteiger partial charge in [0.1, 0.15) is 5.76 Å². The molecule has 0 fully saturated rings. The number of furan rings is 1. The molecule has 1 amide bonds. The van der Waals surface area contributed by atoms with Crippen LogP contribution in [-0.2, 0) is 14.3 Å². The van der Waals surface area contributed by atoms with E-state index in [4.69, 9.17) is 9.15 Å². The molecule has 3 aromatic rings. The van der Waals surface area contributed by atoms with Crippen molar-refractivity contribution in [2.75, 3.05) is 19.7 Å². The summed E-state index contributed by atoms with van der Waals surface area (Å²) in [7, 11) is 0. The number of benzene rings is 1. The van der Waals surface area contributed by atoms with E-state index < -0.39 is 5.97 Å². The highest BCUT2D eigenvalue weighted by Gasteiger charge is 2.23. The van der Waals surface area contributed by atoms with Gasteiger partial charge in [0.15, 0.2) is 18.1 Å². The third-order valence-electron chi connectivity index (χ3n) is 4.43. The molecule has 3 rings (SSSR count). The van der Waals surface area contributed by atoms with E-state index in [1.165, 1.54) is 17.0 Å². The first kappa shape index (κ1) is 21.9. The van der Waals surface area contributed by atoms with Crippen LogP contribution in [0.3, 0.4) is 0 Å². The van der Waals surface area contributed by atoms with E-state index in [9.17, 15) is 9.59 Å². The number of carbonyl (C=O) groups excluding carboxylic acids is 2. The van der Waals surface area contributed by atoms with Gasteiger partial charge >= 0.3 is 5.97 Å². The second kappa shape index (κ2) is 10.9. The van der Waals surface area contributed by atoms with E-state index in [0.29, 0.717) is 24.7 Å². The van der Waals surface area contributed by atoms with Crippen LogP contribution < -0.4 is 0 Å². The zero-order valence-electron chi connectivity index (χ0n) is 17.6. The minimum Gasteiger partial charge on any atom is -0.465 e. The van der Waals surface area contributed by atoms with Gasteiger partial charge < -0.3 is 14.1 Å². The lowest BCUT2D eigenvalue weighted by Gasteiger charge is -2.21. The van der Waals surface area contributed by atoms with Crippen molar-refractivity contribution < 1.29 is 18.7 Å². The summed E-state index contributed by atoms with van der Waals surface area (Å²) in [5.74, 6) is -0.191. The average molecular weight is 423 g/mol. The van der Waals surface area contributed by atoms with Crippen molar-refractivity contribution in [3.05, 3.63) is 54.5 Å². The Morgan fingerprint density at radius 2 is 1.84 bits per heavy atom. The van der Waals surface area contributed by atoms with Gasteiger partial charge in [-0.05, 0) is 35.4 Å². The van der Waals surface area contributed by atoms with Crippen LogP contribution in [0.1, 0.15) is 32.4 Å². The molecule has 0 aliphatic carbocycles. The van der Waals surface area contributed by atoms with E-state index >= 15 is 0 Å². The van der Waals surface area contributed by atoms with E-state index in [2.05, 4.69) is 15.5 Å². The van der Waals surface area contributed by atoms with Gasteiger partial charge in [0, 0.05) is 24.7 Å². The second-order valence-corrected chi connectivity index (χ2v) is 6.78. The number of nitrogens with zero attached hydrogens (tertiary/aromatic N) is 5. The number of hydrogen-bond donors (Lipinski definition) is 0. The first-order valence-electron chi connectivity index (χ1n) is 10.2. The Bertz CT molecular complexity index is 1010. The third kappa shape index (κ3) is 5.65. The van der Waals surface area contributed by atoms with E-state index in [-0.39, 0.29) is 18.2 Å². The molecule has 0 radical (unpaired) electrons. The summed E-state index contributed by atoms with van der Waals surface area (Å²) in [5, 5.41) is 11.7. The van der Waals surface area contributed by atoms with Crippen LogP contribution in [0.5, 0.6) is 0 Å². The normalized spacial score (nSPS) is 11.4. The lowest BCUT2D eigenvalue weighted by atomic mass is 10.2. The van der Waals surface area contributed by atoms with Gasteiger partial charge in [-0.1, -0.05) is 44.2 Å². The van der Waals surface area contributed by atoms with Crippen molar-refractivity contribution >= 4 is 23.6 Å². The number of aromatic nitrogens is 4. The fourth-order valence-corrected chi connectivity index (χ4v) is 3.02. The maximum Gasteiger partial charge on any atom is 0.357 e. The van der Waals surface area contributed by atoms with Crippen LogP contribution in [0, 0.1) is 0 Å². The minimum atomic E-state index is -0.734. The molecule has 31 heavy (non-hydrogen) atoms. The molecule has 0 saturated carbocycles. The fourth-order valence-electron chi connectivity index (χ4n) is 3.02. The monoisotopic (exact) mass is 423 g/mol. The zero-order valence-corrected chi connectivity index (χ0v) is 17.6. The number of tetrazole rings is 1. The molecule has 1 aromatic carbocycles. The van der Waals surface area contributed by atoms with Gasteiger partial charge in [-0.25, -0.2) is 4.79 Å². The molecule has 9 heteroatoms. The SMILES string of the molecule is CCCN(CCC)C(=O)COC(=O)/C(=C/c1ccco1)n1nnnc1-c1ccccc1. The van der Waals surface area contributed by atoms with Crippen LogP contribution in [0.25, 0.3) is 23.2 Å². The Morgan fingerprint density at radius 3 is 2.48 bits per heavy atom. The predicted molar refractivity (Wildman–Crippen MR) is 114 cm³/mol. The second-order valence-electron chi connectivity index (χ2n) is 6.78. The van der Waals surface area contributed by atoms with Crippen molar-refractivity contribution in [2.45, 2.75) is 26.7 Å². The van der Waals surface area contributed by atoms with Crippen molar-refractivity contribution in [1.29, 1.82) is 0 Å². The Morgan fingerprint density at radius 1 is 1.10 bits per heavy atom. The van der Waals surface area contributed by atoms with Gasteiger partial charge in [0.2, 0.25) is 0 Å². The molecule has 162 valence electrons. The number of rotatable bonds is 10. The summed E-state index contributed by atoms with van der Waals surface area (Å²) in [6.45, 7) is 4.86. The summed E-state index contributed by atoms with van der Waals surface area (Å²) in [4.78, 5) is 27.2. The summed E-state index contributed by atoms with van der Waals surface area (Å²) in [5.41, 5.74) is 0.753. The summed E-state index contributed by atoms with van der Waals surface area (Å²) in [6, 6.07) is 12.6. The molecule has 0 saturated heterocycles. The average Bonchev–Trinajstić information content (AvgIpc) is 3.48. The van der Waals surface area contributed by atoms with Crippen LogP contribution in [0.2, 0.25) is 0 Å². The molecule has 0 atom stereocenters. The van der Waals surface area contributed by atoms with Crippen LogP contribution in [0.15, 0.2) is 53.1 Å². The molecule has 0 aliphatic heterocycles. The smallest absolute Gasteiger partial charge is 0.357 e. The first-order chi connectivity index (χ1) is 15.1. The molecule has 2 heterocycles. The Hall–Kier alpha value is -3.75. The Kier molecular flexibility index (Phi) is 7.69. The van der Waals surface area contributed by atoms with Crippen molar-refractivity contribution in [1.82, 2.24) is 25.1 Å². The highest BCUT2D eigenvalue weighted by molar-refractivity contribution is 6.15. The highest BCUT2D eigenvalue weighted by Crippen LogP contribution is 2.21. The maximum absolute atomic E-state index is 13.0. The van der Waals surface area contributed by atoms with Gasteiger partial charge in [0.25, 0.3) is 5.91 Å². The highest BCUT2D eigenvalue weighted by atomic mass is 16.5. The third-order valence-corrected chi connectivity index (χ3v) is 4.43. The van der Waals surface area contributed by atoms with Crippen LogP contribution >= 0.6 is 0 Å². The number of ether oxygens (including phenoxy) is 1. The minimum absolute atomic E-state index is 0.0316. The summed E-state index contributed by atoms with van der Waals surface area (Å²) in [6.07, 6.45) is 4.62. The molecule has 0 aliphatic rings. The van der Waals surface area contributed by atoms with Crippen LogP contribution in [0.4, 0.5) is 0 Å². The molecule has 0 bridgehead atoms. The standard InChI is InChI=1S/C22H25N5O4/c1-3-12-26(13-4-2)20(28)16-31-22(29)19(15-18-11-8-14-30-18)27-21(23-24-25-27)17-9-6-5-7-10-17/h5-11,14-15H,3-4,12-13,16H2,1-2H3/b19-15-. The Labute approximate surface area is 180 Å². The van der Waals surface area contributed by atoms with E-state index in [1.54, 1.807) is 17.0 Å². The molecule has 0 spiro atoms. The number of hydrogen-bond acceptors (Lipinski definition) is 7. The van der Waals surface area contributed by atoms with Crippen molar-refractivity contribution in [3.63, 3.8) is 0 Å². The fraction of sp³-hybridized carbons (Fsp3) is 0.318. The van der Waals surface area contributed by atoms with Crippen LogP contribution in [-0.4, -0.2) is 56.7 Å². The van der Waals surface area contributed by atoms with E-state index in [1.807, 2.05) is 44.2 Å². The molecule has 9 nitrogen and oxygen atoms in total. The zero-order chi connectivity index (χ0) is 22.1. The molecule has 2 aromatic heterocycles. The van der Waals surface area contributed by atoms with Gasteiger partial charge in [-0.15, -0.1) is 5.10 Å². The maximum atomic E-state index is 13.0. The van der Waals surface area contributed by atoms with Gasteiger partial charge in [0.05, 0.1) is 6.26 Å². The van der Waals surface area contributed by atoms with Gasteiger partial charge in [-0.3, -0.25) is 4.79 Å². The van der Waals surface area contributed by atoms with Crippen molar-refractivity contribution in [2.24, 2.45) is 0 Å². The molecule has 0 unspecified atom stereocenters. The predicted octanol–water partition coefficient (Wildman–Crippen LogP) is 3.12. The van der Waals surface area contributed by atoms with Crippen molar-refractivity contribution in [3.8, 4) is 11.4 Å². The largest absolute Gasteiger partial charge is 0.465 e. The number of amides is 1. The summed E-state index contributed by atoms with van der Waals surface area (Å²) >= 11 is 0. The lowest BCUT2D eigenvalue weighted by Crippen LogP contribution is -2.36. The number of esters is 1. The quantitative estimate of drug-likeness (QED) is 0.364. The molecular formula is C22H25N5O4.